The van der Waals surface area contributed by atoms with Crippen LogP contribution < -0.4 is 11.5 Å². The second-order valence-corrected chi connectivity index (χ2v) is 8.93. The van der Waals surface area contributed by atoms with Gasteiger partial charge in [-0.2, -0.15) is 0 Å². The fraction of sp³-hybridized carbons (Fsp3) is 0.294. The average molecular weight is 395 g/mol. The number of nitrogens with two attached hydrogens (primary N) is 2. The summed E-state index contributed by atoms with van der Waals surface area (Å²) >= 11 is 3.40. The van der Waals surface area contributed by atoms with Crippen molar-refractivity contribution in [3.8, 4) is 0 Å². The second-order valence-electron chi connectivity index (χ2n) is 5.95. The molecule has 4 nitrogen and oxygen atoms in total. The van der Waals surface area contributed by atoms with Gasteiger partial charge in [0.2, 0.25) is 0 Å². The molecular weight excluding hydrogens is 376 g/mol. The van der Waals surface area contributed by atoms with Gasteiger partial charge in [-0.15, -0.1) is 0 Å². The SMILES string of the molecule is NCC1(CN)[C@@H](c2ccc(Br)cc2)[C@@H]1S(=O)(=O)c1ccccc1. The zero-order chi connectivity index (χ0) is 16.7. The Hall–Kier alpha value is -1.21. The fourth-order valence-corrected chi connectivity index (χ4v) is 6.20. The van der Waals surface area contributed by atoms with Crippen LogP contribution in [0.15, 0.2) is 64.0 Å². The first-order valence-electron chi connectivity index (χ1n) is 7.42. The van der Waals surface area contributed by atoms with Crippen LogP contribution in [0, 0.1) is 5.41 Å². The van der Waals surface area contributed by atoms with E-state index in [4.69, 9.17) is 11.5 Å². The number of benzene rings is 2. The third kappa shape index (κ3) is 2.63. The van der Waals surface area contributed by atoms with Crippen LogP contribution >= 0.6 is 15.9 Å². The molecule has 0 aliphatic heterocycles. The quantitative estimate of drug-likeness (QED) is 0.814. The Morgan fingerprint density at radius 3 is 2.04 bits per heavy atom. The van der Waals surface area contributed by atoms with Gasteiger partial charge in [0, 0.05) is 28.9 Å². The summed E-state index contributed by atoms with van der Waals surface area (Å²) in [5, 5.41) is -0.575. The molecule has 0 saturated heterocycles. The maximum Gasteiger partial charge on any atom is 0.182 e. The molecule has 1 aliphatic carbocycles. The monoisotopic (exact) mass is 394 g/mol. The third-order valence-corrected chi connectivity index (χ3v) is 7.64. The standard InChI is InChI=1S/C17H19BrN2O2S/c18-13-8-6-12(7-9-13)15-16(17(15,10-19)11-20)23(21,22)14-4-2-1-3-5-14/h1-9,15-16H,10-11,19-20H2/t15-,16-/m0/s1. The predicted octanol–water partition coefficient (Wildman–Crippen LogP) is 2.29. The average Bonchev–Trinajstić information content (AvgIpc) is 3.27. The Kier molecular flexibility index (Phi) is 4.35. The summed E-state index contributed by atoms with van der Waals surface area (Å²) in [5.41, 5.74) is 12.3. The van der Waals surface area contributed by atoms with Gasteiger partial charge in [0.05, 0.1) is 10.1 Å². The zero-order valence-corrected chi connectivity index (χ0v) is 14.9. The third-order valence-electron chi connectivity index (χ3n) is 4.77. The lowest BCUT2D eigenvalue weighted by atomic mass is 9.99. The van der Waals surface area contributed by atoms with E-state index in [0.29, 0.717) is 4.90 Å². The molecule has 0 radical (unpaired) electrons. The number of rotatable bonds is 5. The van der Waals surface area contributed by atoms with E-state index in [1.165, 1.54) is 0 Å². The highest BCUT2D eigenvalue weighted by molar-refractivity contribution is 9.10. The summed E-state index contributed by atoms with van der Waals surface area (Å²) in [4.78, 5) is 0.330. The van der Waals surface area contributed by atoms with Gasteiger partial charge in [-0.3, -0.25) is 0 Å². The molecule has 0 aromatic heterocycles. The van der Waals surface area contributed by atoms with Crippen molar-refractivity contribution in [3.05, 3.63) is 64.6 Å². The van der Waals surface area contributed by atoms with Gasteiger partial charge >= 0.3 is 0 Å². The van der Waals surface area contributed by atoms with E-state index in [1.807, 2.05) is 24.3 Å². The lowest BCUT2D eigenvalue weighted by Gasteiger charge is -2.13. The molecule has 3 rings (SSSR count). The first-order chi connectivity index (χ1) is 11.0. The van der Waals surface area contributed by atoms with Crippen LogP contribution in [0.25, 0.3) is 0 Å². The van der Waals surface area contributed by atoms with Crippen molar-refractivity contribution in [1.82, 2.24) is 0 Å². The number of sulfone groups is 1. The van der Waals surface area contributed by atoms with Crippen LogP contribution in [0.2, 0.25) is 0 Å². The van der Waals surface area contributed by atoms with E-state index in [1.54, 1.807) is 30.3 Å². The van der Waals surface area contributed by atoms with Crippen LogP contribution in [0.4, 0.5) is 0 Å². The normalized spacial score (nSPS) is 22.7. The topological polar surface area (TPSA) is 86.2 Å². The molecule has 1 saturated carbocycles. The van der Waals surface area contributed by atoms with Gasteiger partial charge in [-0.25, -0.2) is 8.42 Å². The van der Waals surface area contributed by atoms with Crippen LogP contribution in [0.1, 0.15) is 11.5 Å². The molecule has 1 aliphatic rings. The summed E-state index contributed by atoms with van der Waals surface area (Å²) in [5.74, 6) is -0.171. The smallest absolute Gasteiger partial charge is 0.182 e. The summed E-state index contributed by atoms with van der Waals surface area (Å²) in [6.45, 7) is 0.502. The molecule has 0 heterocycles. The fourth-order valence-electron chi connectivity index (χ4n) is 3.44. The van der Waals surface area contributed by atoms with Crippen molar-refractivity contribution < 1.29 is 8.42 Å². The van der Waals surface area contributed by atoms with Crippen molar-refractivity contribution in [3.63, 3.8) is 0 Å². The van der Waals surface area contributed by atoms with Gasteiger partial charge in [0.15, 0.2) is 9.84 Å². The zero-order valence-electron chi connectivity index (χ0n) is 12.5. The van der Waals surface area contributed by atoms with E-state index in [-0.39, 0.29) is 19.0 Å². The van der Waals surface area contributed by atoms with Crippen LogP contribution in [-0.2, 0) is 9.84 Å². The number of hydrogen-bond donors (Lipinski definition) is 2. The molecule has 0 bridgehead atoms. The largest absolute Gasteiger partial charge is 0.330 e. The van der Waals surface area contributed by atoms with Crippen molar-refractivity contribution in [1.29, 1.82) is 0 Å². The van der Waals surface area contributed by atoms with Crippen LogP contribution in [-0.4, -0.2) is 26.8 Å². The van der Waals surface area contributed by atoms with Gasteiger partial charge in [-0.1, -0.05) is 46.3 Å². The molecular formula is C17H19BrN2O2S. The highest BCUT2D eigenvalue weighted by Gasteiger charge is 2.69. The molecule has 1 fully saturated rings. The molecule has 2 atom stereocenters. The maximum absolute atomic E-state index is 13.1. The summed E-state index contributed by atoms with van der Waals surface area (Å²) in [7, 11) is -3.48. The Bertz CT molecular complexity index is 787. The molecule has 6 heteroatoms. The maximum atomic E-state index is 13.1. The van der Waals surface area contributed by atoms with E-state index < -0.39 is 20.5 Å². The van der Waals surface area contributed by atoms with E-state index in [2.05, 4.69) is 15.9 Å². The van der Waals surface area contributed by atoms with Crippen molar-refractivity contribution in [2.24, 2.45) is 16.9 Å². The highest BCUT2D eigenvalue weighted by atomic mass is 79.9. The number of halogens is 1. The molecule has 0 unspecified atom stereocenters. The molecule has 122 valence electrons. The summed E-state index contributed by atoms with van der Waals surface area (Å²) in [6, 6.07) is 16.2. The Labute approximate surface area is 144 Å². The molecule has 0 spiro atoms. The van der Waals surface area contributed by atoms with E-state index >= 15 is 0 Å². The van der Waals surface area contributed by atoms with Crippen molar-refractivity contribution in [2.75, 3.05) is 13.1 Å². The number of hydrogen-bond acceptors (Lipinski definition) is 4. The Morgan fingerprint density at radius 2 is 1.52 bits per heavy atom. The van der Waals surface area contributed by atoms with Gasteiger partial charge in [0.1, 0.15) is 0 Å². The van der Waals surface area contributed by atoms with E-state index in [0.717, 1.165) is 10.0 Å². The lowest BCUT2D eigenvalue weighted by molar-refractivity contribution is 0.510. The van der Waals surface area contributed by atoms with Crippen LogP contribution in [0.5, 0.6) is 0 Å². The van der Waals surface area contributed by atoms with E-state index in [9.17, 15) is 8.42 Å². The Morgan fingerprint density at radius 1 is 0.957 bits per heavy atom. The van der Waals surface area contributed by atoms with Crippen molar-refractivity contribution >= 4 is 25.8 Å². The minimum atomic E-state index is -3.48. The van der Waals surface area contributed by atoms with Crippen LogP contribution in [0.3, 0.4) is 0 Å². The molecule has 2 aromatic carbocycles. The minimum absolute atomic E-state index is 0.171. The van der Waals surface area contributed by atoms with Gasteiger partial charge < -0.3 is 11.5 Å². The highest BCUT2D eigenvalue weighted by Crippen LogP contribution is 2.62. The second kappa shape index (κ2) is 6.02. The van der Waals surface area contributed by atoms with Crippen molar-refractivity contribution in [2.45, 2.75) is 16.1 Å². The first-order valence-corrected chi connectivity index (χ1v) is 9.76. The first kappa shape index (κ1) is 16.6. The minimum Gasteiger partial charge on any atom is -0.330 e. The summed E-state index contributed by atoms with van der Waals surface area (Å²) in [6.07, 6.45) is 0. The molecule has 23 heavy (non-hydrogen) atoms. The predicted molar refractivity (Wildman–Crippen MR) is 94.8 cm³/mol. The molecule has 0 amide bonds. The summed E-state index contributed by atoms with van der Waals surface area (Å²) < 4.78 is 27.1. The van der Waals surface area contributed by atoms with Gasteiger partial charge in [0.25, 0.3) is 0 Å². The lowest BCUT2D eigenvalue weighted by Crippen LogP contribution is -2.31. The molecule has 2 aromatic rings. The molecule has 4 N–H and O–H groups in total. The Balaban J connectivity index is 2.05. The van der Waals surface area contributed by atoms with Gasteiger partial charge in [-0.05, 0) is 29.8 Å².